The molecule has 0 saturated heterocycles. The van der Waals surface area contributed by atoms with E-state index in [2.05, 4.69) is 19.2 Å². The summed E-state index contributed by atoms with van der Waals surface area (Å²) in [4.78, 5) is 11.8. The zero-order chi connectivity index (χ0) is 20.6. The summed E-state index contributed by atoms with van der Waals surface area (Å²) in [6.07, 6.45) is 0.0799. The van der Waals surface area contributed by atoms with Crippen molar-refractivity contribution in [3.63, 3.8) is 0 Å². The second-order valence-corrected chi connectivity index (χ2v) is 7.24. The van der Waals surface area contributed by atoms with Crippen LogP contribution in [-0.2, 0) is 11.2 Å². The summed E-state index contributed by atoms with van der Waals surface area (Å²) >= 11 is 0. The van der Waals surface area contributed by atoms with Crippen molar-refractivity contribution in [2.75, 3.05) is 27.4 Å². The molecule has 2 aromatic carbocycles. The number of hydrogen-bond acceptors (Lipinski definition) is 6. The molecule has 0 saturated carbocycles. The lowest BCUT2D eigenvalue weighted by Crippen LogP contribution is -2.46. The van der Waals surface area contributed by atoms with E-state index in [0.29, 0.717) is 17.9 Å². The van der Waals surface area contributed by atoms with Gasteiger partial charge in [0.05, 0.1) is 14.2 Å². The van der Waals surface area contributed by atoms with E-state index in [-0.39, 0.29) is 12.1 Å². The molecule has 0 bridgehead atoms. The number of methoxy groups -OCH3 is 2. The summed E-state index contributed by atoms with van der Waals surface area (Å²) in [5.74, 6) is 0.754. The molecule has 0 amide bonds. The predicted octanol–water partition coefficient (Wildman–Crippen LogP) is 2.83. The third-order valence-corrected chi connectivity index (χ3v) is 4.34. The Morgan fingerprint density at radius 2 is 1.79 bits per heavy atom. The van der Waals surface area contributed by atoms with Crippen LogP contribution in [0.25, 0.3) is 0 Å². The van der Waals surface area contributed by atoms with Crippen molar-refractivity contribution in [1.82, 2.24) is 5.32 Å². The van der Waals surface area contributed by atoms with Gasteiger partial charge in [0.1, 0.15) is 29.8 Å². The quantitative estimate of drug-likeness (QED) is 0.611. The summed E-state index contributed by atoms with van der Waals surface area (Å²) < 4.78 is 15.6. The number of carbonyl (C=O) groups excluding carboxylic acids is 1. The van der Waals surface area contributed by atoms with Gasteiger partial charge in [-0.25, -0.2) is 4.79 Å². The lowest BCUT2D eigenvalue weighted by molar-refractivity contribution is 0.0588. The second kappa shape index (κ2) is 10.1. The van der Waals surface area contributed by atoms with Gasteiger partial charge in [0, 0.05) is 12.1 Å². The maximum atomic E-state index is 11.8. The lowest BCUT2D eigenvalue weighted by atomic mass is 9.94. The summed E-state index contributed by atoms with van der Waals surface area (Å²) in [5.41, 5.74) is 1.31. The van der Waals surface area contributed by atoms with Gasteiger partial charge in [-0.2, -0.15) is 0 Å². The zero-order valence-electron chi connectivity index (χ0n) is 16.9. The molecule has 0 heterocycles. The van der Waals surface area contributed by atoms with E-state index < -0.39 is 12.1 Å². The standard InChI is InChI=1S/C22H29NO5/c1-22(2,13-16-9-11-18(26-3)12-10-16)23-14-17(24)15-28-20-8-6-5-7-19(20)21(25)27-4/h5-12,17,23-24H,13-15H2,1-4H3. The molecule has 0 aliphatic heterocycles. The van der Waals surface area contributed by atoms with Crippen molar-refractivity contribution in [2.45, 2.75) is 31.9 Å². The average Bonchev–Trinajstić information content (AvgIpc) is 2.70. The molecule has 6 heteroatoms. The Morgan fingerprint density at radius 3 is 2.43 bits per heavy atom. The zero-order valence-corrected chi connectivity index (χ0v) is 16.9. The number of rotatable bonds is 10. The fourth-order valence-electron chi connectivity index (χ4n) is 2.83. The first kappa shape index (κ1) is 21.7. The van der Waals surface area contributed by atoms with E-state index in [4.69, 9.17) is 14.2 Å². The van der Waals surface area contributed by atoms with Crippen molar-refractivity contribution in [3.05, 3.63) is 59.7 Å². The Labute approximate surface area is 166 Å². The largest absolute Gasteiger partial charge is 0.497 e. The molecule has 0 fully saturated rings. The smallest absolute Gasteiger partial charge is 0.341 e. The lowest BCUT2D eigenvalue weighted by Gasteiger charge is -2.28. The van der Waals surface area contributed by atoms with Crippen molar-refractivity contribution >= 4 is 5.97 Å². The van der Waals surface area contributed by atoms with Crippen LogP contribution in [-0.4, -0.2) is 50.1 Å². The van der Waals surface area contributed by atoms with E-state index >= 15 is 0 Å². The molecular formula is C22H29NO5. The predicted molar refractivity (Wildman–Crippen MR) is 108 cm³/mol. The number of carbonyl (C=O) groups is 1. The number of hydrogen-bond donors (Lipinski definition) is 2. The van der Waals surface area contributed by atoms with Gasteiger partial charge in [-0.15, -0.1) is 0 Å². The van der Waals surface area contributed by atoms with Crippen molar-refractivity contribution in [2.24, 2.45) is 0 Å². The number of nitrogens with one attached hydrogen (secondary N) is 1. The fourth-order valence-corrected chi connectivity index (χ4v) is 2.83. The minimum Gasteiger partial charge on any atom is -0.497 e. The molecule has 6 nitrogen and oxygen atoms in total. The van der Waals surface area contributed by atoms with Crippen molar-refractivity contribution < 1.29 is 24.1 Å². The van der Waals surface area contributed by atoms with E-state index in [0.717, 1.165) is 12.2 Å². The maximum absolute atomic E-state index is 11.8. The van der Waals surface area contributed by atoms with Crippen LogP contribution in [0.1, 0.15) is 29.8 Å². The molecule has 0 aromatic heterocycles. The molecule has 1 unspecified atom stereocenters. The summed E-state index contributed by atoms with van der Waals surface area (Å²) in [6, 6.07) is 14.8. The summed E-state index contributed by atoms with van der Waals surface area (Å²) in [5, 5.41) is 13.6. The van der Waals surface area contributed by atoms with E-state index in [1.165, 1.54) is 12.7 Å². The minimum atomic E-state index is -0.721. The number of para-hydroxylation sites is 1. The molecule has 152 valence electrons. The Balaban J connectivity index is 1.84. The molecule has 28 heavy (non-hydrogen) atoms. The maximum Gasteiger partial charge on any atom is 0.341 e. The van der Waals surface area contributed by atoms with Gasteiger partial charge < -0.3 is 24.6 Å². The SMILES string of the molecule is COC(=O)c1ccccc1OCC(O)CNC(C)(C)Cc1ccc(OC)cc1. The van der Waals surface area contributed by atoms with Crippen LogP contribution in [0.5, 0.6) is 11.5 Å². The minimum absolute atomic E-state index is 0.0691. The molecule has 0 spiro atoms. The van der Waals surface area contributed by atoms with Crippen molar-refractivity contribution in [1.29, 1.82) is 0 Å². The number of esters is 1. The van der Waals surface area contributed by atoms with Gasteiger partial charge in [-0.05, 0) is 50.1 Å². The topological polar surface area (TPSA) is 77.0 Å². The van der Waals surface area contributed by atoms with Crippen molar-refractivity contribution in [3.8, 4) is 11.5 Å². The van der Waals surface area contributed by atoms with Gasteiger partial charge in [0.25, 0.3) is 0 Å². The van der Waals surface area contributed by atoms with Gasteiger partial charge in [0.2, 0.25) is 0 Å². The van der Waals surface area contributed by atoms with Crippen LogP contribution in [0.15, 0.2) is 48.5 Å². The van der Waals surface area contributed by atoms with Crippen LogP contribution in [0.4, 0.5) is 0 Å². The number of aliphatic hydroxyl groups excluding tert-OH is 1. The molecular weight excluding hydrogens is 358 g/mol. The first-order valence-corrected chi connectivity index (χ1v) is 9.21. The first-order valence-electron chi connectivity index (χ1n) is 9.21. The first-order chi connectivity index (χ1) is 13.3. The van der Waals surface area contributed by atoms with Gasteiger partial charge in [-0.1, -0.05) is 24.3 Å². The van der Waals surface area contributed by atoms with Crippen LogP contribution >= 0.6 is 0 Å². The normalized spacial score (nSPS) is 12.3. The third-order valence-electron chi connectivity index (χ3n) is 4.34. The third kappa shape index (κ3) is 6.55. The summed E-state index contributed by atoms with van der Waals surface area (Å²) in [7, 11) is 2.97. The highest BCUT2D eigenvalue weighted by molar-refractivity contribution is 5.92. The molecule has 0 aliphatic rings. The number of ether oxygens (including phenoxy) is 3. The Hall–Kier alpha value is -2.57. The Bertz CT molecular complexity index is 758. The van der Waals surface area contributed by atoms with Crippen LogP contribution in [0, 0.1) is 0 Å². The highest BCUT2D eigenvalue weighted by Gasteiger charge is 2.20. The second-order valence-electron chi connectivity index (χ2n) is 7.24. The van der Waals surface area contributed by atoms with Crippen LogP contribution < -0.4 is 14.8 Å². The van der Waals surface area contributed by atoms with Crippen LogP contribution in [0.2, 0.25) is 0 Å². The Kier molecular flexibility index (Phi) is 7.84. The molecule has 2 aromatic rings. The average molecular weight is 387 g/mol. The molecule has 2 N–H and O–H groups in total. The van der Waals surface area contributed by atoms with E-state index in [1.807, 2.05) is 24.3 Å². The molecule has 2 rings (SSSR count). The van der Waals surface area contributed by atoms with Gasteiger partial charge in [-0.3, -0.25) is 0 Å². The number of benzene rings is 2. The van der Waals surface area contributed by atoms with Gasteiger partial charge in [0.15, 0.2) is 0 Å². The van der Waals surface area contributed by atoms with Gasteiger partial charge >= 0.3 is 5.97 Å². The Morgan fingerprint density at radius 1 is 1.11 bits per heavy atom. The number of aliphatic hydroxyl groups is 1. The number of β-amino-alcohol motifs (C(OH)–C–C–N with tert-alkyl or cyclic N) is 1. The monoisotopic (exact) mass is 387 g/mol. The molecule has 0 radical (unpaired) electrons. The fraction of sp³-hybridized carbons (Fsp3) is 0.409. The highest BCUT2D eigenvalue weighted by Crippen LogP contribution is 2.19. The van der Waals surface area contributed by atoms with E-state index in [1.54, 1.807) is 31.4 Å². The molecule has 0 aliphatic carbocycles. The summed E-state index contributed by atoms with van der Waals surface area (Å²) in [6.45, 7) is 4.60. The molecule has 1 atom stereocenters. The highest BCUT2D eigenvalue weighted by atomic mass is 16.5. The van der Waals surface area contributed by atoms with E-state index in [9.17, 15) is 9.90 Å². The van der Waals surface area contributed by atoms with Crippen LogP contribution in [0.3, 0.4) is 0 Å².